The monoisotopic (exact) mass is 705 g/mol. The Morgan fingerprint density at radius 3 is 2.23 bits per heavy atom. The zero-order valence-corrected chi connectivity index (χ0v) is 31.8. The van der Waals surface area contributed by atoms with Crippen molar-refractivity contribution in [2.24, 2.45) is 0 Å². The van der Waals surface area contributed by atoms with Crippen molar-refractivity contribution >= 4 is 56.9 Å². The molecule has 0 unspecified atom stereocenters. The van der Waals surface area contributed by atoms with E-state index in [0.29, 0.717) is 58.0 Å². The summed E-state index contributed by atoms with van der Waals surface area (Å²) in [6.45, 7) is 14.1. The van der Waals surface area contributed by atoms with Crippen LogP contribution in [-0.4, -0.2) is 62.1 Å². The van der Waals surface area contributed by atoms with E-state index in [2.05, 4.69) is 36.8 Å². The molecule has 0 fully saturated rings. The van der Waals surface area contributed by atoms with E-state index >= 15 is 0 Å². The number of methoxy groups -OCH3 is 1. The number of allylic oxidation sites excluding steroid dienone is 4. The minimum Gasteiger partial charge on any atom is -0.469 e. The molecule has 52 heavy (non-hydrogen) atoms. The molecule has 10 nitrogen and oxygen atoms in total. The summed E-state index contributed by atoms with van der Waals surface area (Å²) in [5, 5.41) is 0. The number of carbonyl (C=O) groups excluding carboxylic acids is 4. The summed E-state index contributed by atoms with van der Waals surface area (Å²) in [5.41, 5.74) is 9.77. The van der Waals surface area contributed by atoms with Crippen LogP contribution in [0.25, 0.3) is 33.3 Å². The van der Waals surface area contributed by atoms with Crippen molar-refractivity contribution in [2.75, 3.05) is 13.7 Å². The van der Waals surface area contributed by atoms with Crippen LogP contribution in [0, 0.1) is 6.92 Å². The van der Waals surface area contributed by atoms with Gasteiger partial charge in [0, 0.05) is 47.3 Å². The summed E-state index contributed by atoms with van der Waals surface area (Å²) in [5.74, 6) is -0.876. The first kappa shape index (κ1) is 36.9. The van der Waals surface area contributed by atoms with Gasteiger partial charge in [-0.1, -0.05) is 52.9 Å². The highest BCUT2D eigenvalue weighted by molar-refractivity contribution is 6.27. The van der Waals surface area contributed by atoms with Crippen molar-refractivity contribution in [3.8, 4) is 0 Å². The minimum absolute atomic E-state index is 0.0743. The fourth-order valence-electron chi connectivity index (χ4n) is 8.20. The van der Waals surface area contributed by atoms with Gasteiger partial charge in [-0.05, 0) is 87.4 Å². The normalized spacial score (nSPS) is 17.7. The van der Waals surface area contributed by atoms with Crippen molar-refractivity contribution in [1.29, 1.82) is 0 Å². The summed E-state index contributed by atoms with van der Waals surface area (Å²) in [7, 11) is 1.36. The molecule has 4 aliphatic heterocycles. The van der Waals surface area contributed by atoms with Gasteiger partial charge in [0.25, 0.3) is 11.8 Å². The van der Waals surface area contributed by atoms with Gasteiger partial charge in [-0.2, -0.15) is 0 Å². The zero-order chi connectivity index (χ0) is 37.4. The predicted octanol–water partition coefficient (Wildman–Crippen LogP) is 9.00. The van der Waals surface area contributed by atoms with Gasteiger partial charge in [-0.25, -0.2) is 9.97 Å². The van der Waals surface area contributed by atoms with Crippen LogP contribution in [0.15, 0.2) is 18.2 Å². The second kappa shape index (κ2) is 15.0. The molecule has 0 aliphatic carbocycles. The highest BCUT2D eigenvalue weighted by atomic mass is 16.5. The summed E-state index contributed by atoms with van der Waals surface area (Å²) in [6.07, 6.45) is 7.37. The van der Waals surface area contributed by atoms with Gasteiger partial charge >= 0.3 is 5.97 Å². The fraction of sp³-hybridized carbons (Fsp3) is 0.476. The van der Waals surface area contributed by atoms with E-state index in [1.54, 1.807) is 6.92 Å². The number of rotatable bonds is 12. The van der Waals surface area contributed by atoms with Gasteiger partial charge in [0.15, 0.2) is 5.78 Å². The molecule has 4 aliphatic rings. The third kappa shape index (κ3) is 6.52. The number of amides is 2. The van der Waals surface area contributed by atoms with Crippen LogP contribution >= 0.6 is 0 Å². The molecule has 0 saturated carbocycles. The lowest BCUT2D eigenvalue weighted by molar-refractivity contribution is -0.140. The van der Waals surface area contributed by atoms with Crippen LogP contribution in [0.2, 0.25) is 0 Å². The van der Waals surface area contributed by atoms with Crippen LogP contribution in [0.1, 0.15) is 172 Å². The Kier molecular flexibility index (Phi) is 10.7. The number of Topliss-reactive ketones (excluding diaryl/α,β-unsaturated/α-hetero) is 1. The Morgan fingerprint density at radius 2 is 1.54 bits per heavy atom. The second-order valence-electron chi connectivity index (χ2n) is 14.6. The summed E-state index contributed by atoms with van der Waals surface area (Å²) >= 11 is 0. The Balaban J connectivity index is 1.68. The van der Waals surface area contributed by atoms with E-state index in [1.165, 1.54) is 18.4 Å². The first-order valence-electron chi connectivity index (χ1n) is 18.8. The highest BCUT2D eigenvalue weighted by Crippen LogP contribution is 2.43. The Morgan fingerprint density at radius 1 is 0.846 bits per heavy atom. The molecule has 2 atom stereocenters. The lowest BCUT2D eigenvalue weighted by atomic mass is 9.89. The maximum atomic E-state index is 14.7. The number of carbonyl (C=O) groups is 4. The van der Waals surface area contributed by atoms with Gasteiger partial charge in [0.1, 0.15) is 0 Å². The molecule has 8 bridgehead atoms. The maximum Gasteiger partial charge on any atom is 0.305 e. The number of aromatic amines is 2. The number of imide groups is 1. The molecule has 0 spiro atoms. The van der Waals surface area contributed by atoms with E-state index in [-0.39, 0.29) is 42.3 Å². The lowest BCUT2D eigenvalue weighted by Crippen LogP contribution is -2.41. The van der Waals surface area contributed by atoms with E-state index in [9.17, 15) is 19.2 Å². The Labute approximate surface area is 305 Å². The molecular weight excluding hydrogens is 654 g/mol. The van der Waals surface area contributed by atoms with Gasteiger partial charge in [-0.15, -0.1) is 0 Å². The number of aryl methyl sites for hydroxylation is 1. The molecule has 2 amide bonds. The highest BCUT2D eigenvalue weighted by Gasteiger charge is 2.38. The topological polar surface area (TPSA) is 138 Å². The van der Waals surface area contributed by atoms with Crippen LogP contribution < -0.4 is 0 Å². The number of hydrogen-bond acceptors (Lipinski definition) is 7. The minimum atomic E-state index is -0.399. The molecule has 0 radical (unpaired) electrons. The van der Waals surface area contributed by atoms with Crippen LogP contribution in [0.4, 0.5) is 0 Å². The number of aromatic nitrogens is 4. The maximum absolute atomic E-state index is 14.7. The fourth-order valence-corrected chi connectivity index (χ4v) is 8.20. The number of ether oxygens (including phenoxy) is 1. The first-order chi connectivity index (χ1) is 24.9. The molecule has 10 heteroatoms. The third-order valence-electron chi connectivity index (χ3n) is 11.3. The molecule has 2 aromatic rings. The van der Waals surface area contributed by atoms with Gasteiger partial charge in [0.05, 0.1) is 46.5 Å². The SMILES string of the molecule is CCCCCCCCN1C(=O)c2c3nc(cc4nc(cc5[nH]c(cc6[nH]c2c(c6C)C1=O)[C@H](CC)[C@H]5C)C(C(C)=O)=C4C)C(C)=C3CCC(=O)OC. The van der Waals surface area contributed by atoms with Crippen molar-refractivity contribution in [2.45, 2.75) is 118 Å². The number of unbranched alkanes of at least 4 members (excludes halogenated alkanes) is 5. The molecule has 2 N–H and O–H groups in total. The number of hydrogen-bond donors (Lipinski definition) is 2. The summed E-state index contributed by atoms with van der Waals surface area (Å²) in [6, 6.07) is 5.90. The average Bonchev–Trinajstić information content (AvgIpc) is 3.79. The lowest BCUT2D eigenvalue weighted by Gasteiger charge is -2.26. The number of esters is 1. The Hall–Kier alpha value is -4.86. The van der Waals surface area contributed by atoms with Crippen LogP contribution in [-0.2, 0) is 14.3 Å². The smallest absolute Gasteiger partial charge is 0.305 e. The molecule has 2 aromatic heterocycles. The number of H-pyrrole nitrogens is 2. The number of nitrogens with one attached hydrogen (secondary N) is 2. The second-order valence-corrected chi connectivity index (χ2v) is 14.6. The van der Waals surface area contributed by atoms with Gasteiger partial charge < -0.3 is 14.7 Å². The first-order valence-corrected chi connectivity index (χ1v) is 18.8. The number of fused-ring (bicyclic) bond motifs is 8. The zero-order valence-electron chi connectivity index (χ0n) is 31.8. The predicted molar refractivity (Wildman–Crippen MR) is 204 cm³/mol. The van der Waals surface area contributed by atoms with Crippen molar-refractivity contribution in [1.82, 2.24) is 24.8 Å². The van der Waals surface area contributed by atoms with Crippen LogP contribution in [0.5, 0.6) is 0 Å². The van der Waals surface area contributed by atoms with E-state index in [1.807, 2.05) is 32.9 Å². The van der Waals surface area contributed by atoms with E-state index in [4.69, 9.17) is 14.7 Å². The van der Waals surface area contributed by atoms with Crippen molar-refractivity contribution in [3.05, 3.63) is 69.1 Å². The largest absolute Gasteiger partial charge is 0.469 e. The summed E-state index contributed by atoms with van der Waals surface area (Å²) in [4.78, 5) is 73.2. The molecule has 0 aromatic carbocycles. The third-order valence-corrected chi connectivity index (χ3v) is 11.3. The molecule has 274 valence electrons. The number of ketones is 1. The van der Waals surface area contributed by atoms with Crippen LogP contribution in [0.3, 0.4) is 0 Å². The van der Waals surface area contributed by atoms with E-state index < -0.39 is 5.91 Å². The molecule has 6 heterocycles. The van der Waals surface area contributed by atoms with Crippen molar-refractivity contribution < 1.29 is 23.9 Å². The van der Waals surface area contributed by atoms with Gasteiger partial charge in [-0.3, -0.25) is 24.1 Å². The van der Waals surface area contributed by atoms with Crippen molar-refractivity contribution in [3.63, 3.8) is 0 Å². The Bertz CT molecular complexity index is 2110. The average molecular weight is 706 g/mol. The number of nitrogens with zero attached hydrogens (tertiary/aromatic N) is 3. The molecular formula is C42H51N5O5. The standard InChI is InChI=1S/C42H51N5O5/c1-9-11-12-13-14-15-18-47-41(50)37-25(6)32-20-33-27(10-2)22(3)29(43-33)21-34-36(26(7)48)24(5)31(44-34)19-30-23(4)28(16-17-35(49)52-8)39(45-30)38(42(47)51)40(37)46-32/h19-22,27,43,46H,9-18H2,1-8H3/t22-,27-/m1/s1. The molecule has 0 saturated heterocycles. The van der Waals surface area contributed by atoms with E-state index in [0.717, 1.165) is 71.3 Å². The quantitative estimate of drug-likeness (QED) is 0.128. The molecule has 6 rings (SSSR count). The summed E-state index contributed by atoms with van der Waals surface area (Å²) < 4.78 is 5.00. The van der Waals surface area contributed by atoms with Gasteiger partial charge in [0.2, 0.25) is 0 Å².